The summed E-state index contributed by atoms with van der Waals surface area (Å²) in [6.07, 6.45) is 11.1. The third-order valence-corrected chi connectivity index (χ3v) is 1.94. The molecule has 0 heterocycles. The SMILES string of the molecule is C=C/C=C\OCOC1=CC=C(C)CC1. The molecule has 0 aromatic heterocycles. The first-order valence-electron chi connectivity index (χ1n) is 4.71. The van der Waals surface area contributed by atoms with E-state index in [1.165, 1.54) is 5.57 Å². The van der Waals surface area contributed by atoms with Crippen molar-refractivity contribution < 1.29 is 9.47 Å². The highest BCUT2D eigenvalue weighted by Gasteiger charge is 2.03. The molecular weight excluding hydrogens is 176 g/mol. The Morgan fingerprint density at radius 2 is 2.29 bits per heavy atom. The van der Waals surface area contributed by atoms with Gasteiger partial charge in [-0.05, 0) is 25.5 Å². The largest absolute Gasteiger partial charge is 0.465 e. The molecule has 0 bridgehead atoms. The number of allylic oxidation sites excluding steroid dienone is 6. The highest BCUT2D eigenvalue weighted by Crippen LogP contribution is 2.18. The lowest BCUT2D eigenvalue weighted by molar-refractivity contribution is 0.0251. The molecule has 0 unspecified atom stereocenters. The van der Waals surface area contributed by atoms with E-state index in [1.807, 2.05) is 6.08 Å². The van der Waals surface area contributed by atoms with Gasteiger partial charge in [0.1, 0.15) is 5.76 Å². The van der Waals surface area contributed by atoms with Gasteiger partial charge in [0.05, 0.1) is 6.26 Å². The average Bonchev–Trinajstić information content (AvgIpc) is 2.21. The first-order chi connectivity index (χ1) is 6.83. The minimum atomic E-state index is 0.267. The van der Waals surface area contributed by atoms with E-state index in [2.05, 4.69) is 19.6 Å². The van der Waals surface area contributed by atoms with Crippen molar-refractivity contribution in [3.05, 3.63) is 48.5 Å². The topological polar surface area (TPSA) is 18.5 Å². The molecular formula is C12H16O2. The van der Waals surface area contributed by atoms with Crippen LogP contribution >= 0.6 is 0 Å². The molecule has 0 amide bonds. The Morgan fingerprint density at radius 1 is 1.43 bits per heavy atom. The lowest BCUT2D eigenvalue weighted by Crippen LogP contribution is -1.99. The van der Waals surface area contributed by atoms with Gasteiger partial charge in [0.15, 0.2) is 0 Å². The second-order valence-electron chi connectivity index (χ2n) is 3.14. The van der Waals surface area contributed by atoms with Gasteiger partial charge in [-0.3, -0.25) is 0 Å². The maximum absolute atomic E-state index is 5.39. The van der Waals surface area contributed by atoms with Crippen LogP contribution in [0.4, 0.5) is 0 Å². The fourth-order valence-electron chi connectivity index (χ4n) is 1.10. The van der Waals surface area contributed by atoms with Gasteiger partial charge >= 0.3 is 0 Å². The third kappa shape index (κ3) is 3.99. The van der Waals surface area contributed by atoms with E-state index >= 15 is 0 Å². The summed E-state index contributed by atoms with van der Waals surface area (Å²) in [5.74, 6) is 0.989. The smallest absolute Gasteiger partial charge is 0.229 e. The second kappa shape index (κ2) is 6.08. The standard InChI is InChI=1S/C12H16O2/c1-3-4-9-13-10-14-12-7-5-11(2)6-8-12/h3-5,7,9H,1,6,8,10H2,2H3/b9-4-. The summed E-state index contributed by atoms with van der Waals surface area (Å²) < 4.78 is 10.5. The molecule has 0 aliphatic heterocycles. The predicted octanol–water partition coefficient (Wildman–Crippen LogP) is 3.30. The van der Waals surface area contributed by atoms with E-state index in [1.54, 1.807) is 18.4 Å². The van der Waals surface area contributed by atoms with Gasteiger partial charge in [-0.15, -0.1) is 0 Å². The van der Waals surface area contributed by atoms with Gasteiger partial charge in [0.2, 0.25) is 6.79 Å². The fourth-order valence-corrected chi connectivity index (χ4v) is 1.10. The van der Waals surface area contributed by atoms with Crippen LogP contribution in [0.15, 0.2) is 48.5 Å². The Bertz CT molecular complexity index is 272. The van der Waals surface area contributed by atoms with E-state index in [-0.39, 0.29) is 6.79 Å². The molecule has 2 nitrogen and oxygen atoms in total. The van der Waals surface area contributed by atoms with Crippen LogP contribution < -0.4 is 0 Å². The molecule has 1 rings (SSSR count). The molecule has 0 spiro atoms. The summed E-state index contributed by atoms with van der Waals surface area (Å²) in [7, 11) is 0. The Kier molecular flexibility index (Phi) is 4.62. The van der Waals surface area contributed by atoms with Crippen molar-refractivity contribution in [3.8, 4) is 0 Å². The van der Waals surface area contributed by atoms with Crippen molar-refractivity contribution in [2.75, 3.05) is 6.79 Å². The molecule has 1 aliphatic rings. The average molecular weight is 192 g/mol. The Labute approximate surface area is 85.2 Å². The van der Waals surface area contributed by atoms with E-state index in [0.29, 0.717) is 0 Å². The minimum absolute atomic E-state index is 0.267. The summed E-state index contributed by atoms with van der Waals surface area (Å²) in [6, 6.07) is 0. The van der Waals surface area contributed by atoms with Crippen LogP contribution in [0.25, 0.3) is 0 Å². The molecule has 2 heteroatoms. The normalized spacial score (nSPS) is 16.1. The molecule has 0 aromatic rings. The van der Waals surface area contributed by atoms with Crippen molar-refractivity contribution >= 4 is 0 Å². The molecule has 0 radical (unpaired) electrons. The molecule has 76 valence electrons. The summed E-state index contributed by atoms with van der Waals surface area (Å²) in [6.45, 7) is 5.92. The maximum atomic E-state index is 5.39. The fraction of sp³-hybridized carbons (Fsp3) is 0.333. The zero-order valence-corrected chi connectivity index (χ0v) is 8.53. The first kappa shape index (κ1) is 10.6. The lowest BCUT2D eigenvalue weighted by atomic mass is 10.1. The predicted molar refractivity (Wildman–Crippen MR) is 57.4 cm³/mol. The van der Waals surface area contributed by atoms with Crippen LogP contribution in [0.5, 0.6) is 0 Å². The van der Waals surface area contributed by atoms with Crippen molar-refractivity contribution in [2.45, 2.75) is 19.8 Å². The Hall–Kier alpha value is -1.44. The Morgan fingerprint density at radius 3 is 2.93 bits per heavy atom. The molecule has 14 heavy (non-hydrogen) atoms. The van der Waals surface area contributed by atoms with Crippen molar-refractivity contribution in [1.29, 1.82) is 0 Å². The van der Waals surface area contributed by atoms with Crippen LogP contribution in [-0.4, -0.2) is 6.79 Å². The molecule has 0 aromatic carbocycles. The molecule has 0 saturated carbocycles. The summed E-state index contributed by atoms with van der Waals surface area (Å²) in [5.41, 5.74) is 1.39. The number of hydrogen-bond donors (Lipinski definition) is 0. The Balaban J connectivity index is 2.19. The zero-order valence-electron chi connectivity index (χ0n) is 8.53. The van der Waals surface area contributed by atoms with Gasteiger partial charge in [0.25, 0.3) is 0 Å². The van der Waals surface area contributed by atoms with E-state index < -0.39 is 0 Å². The van der Waals surface area contributed by atoms with Crippen molar-refractivity contribution in [3.63, 3.8) is 0 Å². The zero-order chi connectivity index (χ0) is 10.2. The molecule has 0 N–H and O–H groups in total. The number of rotatable bonds is 5. The van der Waals surface area contributed by atoms with Crippen LogP contribution in [0.1, 0.15) is 19.8 Å². The second-order valence-corrected chi connectivity index (χ2v) is 3.14. The number of ether oxygens (including phenoxy) is 2. The summed E-state index contributed by atoms with van der Waals surface area (Å²) in [4.78, 5) is 0. The van der Waals surface area contributed by atoms with E-state index in [9.17, 15) is 0 Å². The first-order valence-corrected chi connectivity index (χ1v) is 4.71. The minimum Gasteiger partial charge on any atom is -0.465 e. The van der Waals surface area contributed by atoms with Gasteiger partial charge in [-0.1, -0.05) is 24.3 Å². The van der Waals surface area contributed by atoms with E-state index in [0.717, 1.165) is 18.6 Å². The van der Waals surface area contributed by atoms with Crippen LogP contribution in [0.3, 0.4) is 0 Å². The van der Waals surface area contributed by atoms with Crippen LogP contribution in [0, 0.1) is 0 Å². The highest BCUT2D eigenvalue weighted by atomic mass is 16.7. The van der Waals surface area contributed by atoms with Crippen molar-refractivity contribution in [1.82, 2.24) is 0 Å². The quantitative estimate of drug-likeness (QED) is 0.288. The molecule has 0 fully saturated rings. The van der Waals surface area contributed by atoms with Gasteiger partial charge in [0, 0.05) is 6.42 Å². The van der Waals surface area contributed by atoms with Crippen molar-refractivity contribution in [2.24, 2.45) is 0 Å². The maximum Gasteiger partial charge on any atom is 0.229 e. The molecule has 0 saturated heterocycles. The van der Waals surface area contributed by atoms with Crippen LogP contribution in [0.2, 0.25) is 0 Å². The monoisotopic (exact) mass is 192 g/mol. The summed E-state index contributed by atoms with van der Waals surface area (Å²) >= 11 is 0. The number of hydrogen-bond acceptors (Lipinski definition) is 2. The lowest BCUT2D eigenvalue weighted by Gasteiger charge is -2.12. The molecule has 0 atom stereocenters. The van der Waals surface area contributed by atoms with Crippen LogP contribution in [-0.2, 0) is 9.47 Å². The molecule has 1 aliphatic carbocycles. The van der Waals surface area contributed by atoms with Gasteiger partial charge in [-0.2, -0.15) is 0 Å². The summed E-state index contributed by atoms with van der Waals surface area (Å²) in [5, 5.41) is 0. The van der Waals surface area contributed by atoms with Gasteiger partial charge < -0.3 is 9.47 Å². The van der Waals surface area contributed by atoms with E-state index in [4.69, 9.17) is 9.47 Å². The third-order valence-electron chi connectivity index (χ3n) is 1.94. The highest BCUT2D eigenvalue weighted by molar-refractivity contribution is 5.19. The van der Waals surface area contributed by atoms with Gasteiger partial charge in [-0.25, -0.2) is 0 Å².